The molecule has 32 heavy (non-hydrogen) atoms. The van der Waals surface area contributed by atoms with E-state index in [-0.39, 0.29) is 26.4 Å². The molecule has 3 rings (SSSR count). The molecule has 8 nitrogen and oxygen atoms in total. The Bertz CT molecular complexity index is 1290. The lowest BCUT2D eigenvalue weighted by molar-refractivity contribution is -0.117. The topological polar surface area (TPSA) is 111 Å². The number of nitrogens with zero attached hydrogens (tertiary/aromatic N) is 3. The fraction of sp³-hybridized carbons (Fsp3) is 0.238. The second-order valence-corrected chi connectivity index (χ2v) is 9.90. The van der Waals surface area contributed by atoms with E-state index in [1.165, 1.54) is 12.3 Å². The van der Waals surface area contributed by atoms with Crippen LogP contribution < -0.4 is 10.9 Å². The molecule has 11 heteroatoms. The number of nitrogens with one attached hydrogen (secondary N) is 1. The van der Waals surface area contributed by atoms with Crippen LogP contribution in [0.4, 0.5) is 5.69 Å². The number of halogens is 2. The number of rotatable bonds is 8. The van der Waals surface area contributed by atoms with E-state index in [1.807, 2.05) is 12.1 Å². The maximum absolute atomic E-state index is 12.9. The van der Waals surface area contributed by atoms with E-state index in [0.717, 1.165) is 10.4 Å². The SMILES string of the molecule is Cc1ccc(NC(=O)Cn2ncc(Cl)c(Cl)c2=O)cc1S(=O)(=O)CCCc1ccccn1. The summed E-state index contributed by atoms with van der Waals surface area (Å²) in [5, 5.41) is 6.12. The first-order valence-corrected chi connectivity index (χ1v) is 12.0. The Morgan fingerprint density at radius 1 is 1.19 bits per heavy atom. The number of carbonyl (C=O) groups is 1. The molecule has 3 aromatic rings. The van der Waals surface area contributed by atoms with E-state index >= 15 is 0 Å². The van der Waals surface area contributed by atoms with Crippen LogP contribution in [0.15, 0.2) is 58.5 Å². The van der Waals surface area contributed by atoms with Crippen molar-refractivity contribution < 1.29 is 13.2 Å². The molecule has 0 spiro atoms. The zero-order valence-electron chi connectivity index (χ0n) is 17.1. The zero-order valence-corrected chi connectivity index (χ0v) is 19.4. The number of carbonyl (C=O) groups excluding carboxylic acids is 1. The van der Waals surface area contributed by atoms with Crippen LogP contribution in [-0.2, 0) is 27.6 Å². The molecule has 0 aliphatic heterocycles. The number of pyridine rings is 1. The molecule has 0 fully saturated rings. The van der Waals surface area contributed by atoms with Crippen molar-refractivity contribution in [1.29, 1.82) is 0 Å². The fourth-order valence-corrected chi connectivity index (χ4v) is 4.89. The van der Waals surface area contributed by atoms with Gasteiger partial charge in [0, 0.05) is 17.6 Å². The van der Waals surface area contributed by atoms with Gasteiger partial charge in [-0.3, -0.25) is 14.6 Å². The standard InChI is InChI=1S/C21H20Cl2N4O4S/c1-14-7-8-16(26-19(28)13-27-21(29)20(23)17(22)12-25-27)11-18(14)32(30,31)10-4-6-15-5-2-3-9-24-15/h2-3,5,7-9,11-12H,4,6,10,13H2,1H3,(H,26,28). The van der Waals surface area contributed by atoms with Gasteiger partial charge in [-0.2, -0.15) is 5.10 Å². The quantitative estimate of drug-likeness (QED) is 0.514. The van der Waals surface area contributed by atoms with Gasteiger partial charge < -0.3 is 5.32 Å². The van der Waals surface area contributed by atoms with Gasteiger partial charge in [0.25, 0.3) is 5.56 Å². The van der Waals surface area contributed by atoms with Gasteiger partial charge in [-0.1, -0.05) is 35.3 Å². The predicted octanol–water partition coefficient (Wildman–Crippen LogP) is 3.30. The van der Waals surface area contributed by atoms with E-state index in [2.05, 4.69) is 15.4 Å². The van der Waals surface area contributed by atoms with Crippen LogP contribution in [0.3, 0.4) is 0 Å². The molecule has 0 unspecified atom stereocenters. The second-order valence-electron chi connectivity index (χ2n) is 7.04. The number of aromatic nitrogens is 3. The van der Waals surface area contributed by atoms with E-state index in [1.54, 1.807) is 31.3 Å². The highest BCUT2D eigenvalue weighted by molar-refractivity contribution is 7.91. The second kappa shape index (κ2) is 10.2. The van der Waals surface area contributed by atoms with Gasteiger partial charge in [0.1, 0.15) is 11.6 Å². The molecular weight excluding hydrogens is 475 g/mol. The van der Waals surface area contributed by atoms with Crippen molar-refractivity contribution >= 4 is 44.6 Å². The fourth-order valence-electron chi connectivity index (χ4n) is 3.01. The highest BCUT2D eigenvalue weighted by Crippen LogP contribution is 2.22. The summed E-state index contributed by atoms with van der Waals surface area (Å²) in [5.41, 5.74) is 0.987. The summed E-state index contributed by atoms with van der Waals surface area (Å²) in [6.07, 6.45) is 3.80. The number of benzene rings is 1. The van der Waals surface area contributed by atoms with Gasteiger partial charge in [0.05, 0.1) is 21.9 Å². The Morgan fingerprint density at radius 2 is 1.97 bits per heavy atom. The molecule has 168 valence electrons. The monoisotopic (exact) mass is 494 g/mol. The van der Waals surface area contributed by atoms with Crippen LogP contribution in [0.5, 0.6) is 0 Å². The number of sulfone groups is 1. The average Bonchev–Trinajstić information content (AvgIpc) is 2.76. The lowest BCUT2D eigenvalue weighted by atomic mass is 10.2. The zero-order chi connectivity index (χ0) is 23.3. The smallest absolute Gasteiger partial charge is 0.287 e. The maximum atomic E-state index is 12.9. The minimum atomic E-state index is -3.57. The number of amides is 1. The van der Waals surface area contributed by atoms with Crippen LogP contribution in [0.25, 0.3) is 0 Å². The van der Waals surface area contributed by atoms with Gasteiger partial charge in [-0.25, -0.2) is 13.1 Å². The largest absolute Gasteiger partial charge is 0.324 e. The number of anilines is 1. The summed E-state index contributed by atoms with van der Waals surface area (Å²) in [7, 11) is -3.57. The van der Waals surface area contributed by atoms with Gasteiger partial charge in [-0.05, 0) is 49.6 Å². The number of hydrogen-bond acceptors (Lipinski definition) is 6. The van der Waals surface area contributed by atoms with E-state index in [4.69, 9.17) is 23.2 Å². The Balaban J connectivity index is 1.70. The molecule has 1 aromatic carbocycles. The Morgan fingerprint density at radius 3 is 2.69 bits per heavy atom. The van der Waals surface area contributed by atoms with E-state index in [0.29, 0.717) is 18.4 Å². The average molecular weight is 495 g/mol. The van der Waals surface area contributed by atoms with Crippen molar-refractivity contribution in [3.8, 4) is 0 Å². The van der Waals surface area contributed by atoms with Crippen molar-refractivity contribution in [1.82, 2.24) is 14.8 Å². The van der Waals surface area contributed by atoms with Gasteiger partial charge in [-0.15, -0.1) is 0 Å². The van der Waals surface area contributed by atoms with Crippen LogP contribution in [-0.4, -0.2) is 34.8 Å². The summed E-state index contributed by atoms with van der Waals surface area (Å²) >= 11 is 11.5. The van der Waals surface area contributed by atoms with Gasteiger partial charge in [0.15, 0.2) is 9.84 Å². The highest BCUT2D eigenvalue weighted by atomic mass is 35.5. The molecule has 2 heterocycles. The van der Waals surface area contributed by atoms with E-state index in [9.17, 15) is 18.0 Å². The van der Waals surface area contributed by atoms with Crippen LogP contribution in [0.2, 0.25) is 10.0 Å². The van der Waals surface area contributed by atoms with Crippen molar-refractivity contribution in [3.63, 3.8) is 0 Å². The molecule has 1 amide bonds. The first-order chi connectivity index (χ1) is 15.2. The lowest BCUT2D eigenvalue weighted by Gasteiger charge is -2.12. The Labute approximate surface area is 195 Å². The molecule has 0 bridgehead atoms. The number of aryl methyl sites for hydroxylation is 2. The number of hydrogen-bond donors (Lipinski definition) is 1. The summed E-state index contributed by atoms with van der Waals surface area (Å²) in [4.78, 5) is 28.7. The predicted molar refractivity (Wildman–Crippen MR) is 123 cm³/mol. The third-order valence-electron chi connectivity index (χ3n) is 4.61. The summed E-state index contributed by atoms with van der Waals surface area (Å²) in [5.74, 6) is -0.620. The maximum Gasteiger partial charge on any atom is 0.287 e. The normalized spacial score (nSPS) is 11.3. The molecule has 0 saturated carbocycles. The molecule has 1 N–H and O–H groups in total. The first kappa shape index (κ1) is 23.9. The molecule has 0 aliphatic carbocycles. The minimum Gasteiger partial charge on any atom is -0.324 e. The third kappa shape index (κ3) is 5.93. The molecule has 0 aliphatic rings. The molecule has 0 saturated heterocycles. The summed E-state index contributed by atoms with van der Waals surface area (Å²) in [6.45, 7) is 1.28. The van der Waals surface area contributed by atoms with Gasteiger partial charge >= 0.3 is 0 Å². The van der Waals surface area contributed by atoms with Crippen LogP contribution >= 0.6 is 23.2 Å². The first-order valence-electron chi connectivity index (χ1n) is 9.61. The van der Waals surface area contributed by atoms with Gasteiger partial charge in [0.2, 0.25) is 5.91 Å². The highest BCUT2D eigenvalue weighted by Gasteiger charge is 2.18. The van der Waals surface area contributed by atoms with Crippen molar-refractivity contribution in [2.45, 2.75) is 31.2 Å². The Hall–Kier alpha value is -2.75. The van der Waals surface area contributed by atoms with E-state index < -0.39 is 27.8 Å². The molecule has 0 radical (unpaired) electrons. The molecule has 0 atom stereocenters. The lowest BCUT2D eigenvalue weighted by Crippen LogP contribution is -2.29. The molecular formula is C21H20Cl2N4O4S. The summed E-state index contributed by atoms with van der Waals surface area (Å²) in [6, 6.07) is 10.1. The van der Waals surface area contributed by atoms with Crippen molar-refractivity contribution in [2.24, 2.45) is 0 Å². The summed E-state index contributed by atoms with van der Waals surface area (Å²) < 4.78 is 26.6. The minimum absolute atomic E-state index is 0.00949. The Kier molecular flexibility index (Phi) is 7.65. The molecule has 2 aromatic heterocycles. The third-order valence-corrected chi connectivity index (χ3v) is 7.30. The van der Waals surface area contributed by atoms with Crippen LogP contribution in [0, 0.1) is 6.92 Å². The van der Waals surface area contributed by atoms with Crippen molar-refractivity contribution in [3.05, 3.63) is 80.4 Å². The van der Waals surface area contributed by atoms with Crippen molar-refractivity contribution in [2.75, 3.05) is 11.1 Å². The van der Waals surface area contributed by atoms with Crippen LogP contribution in [0.1, 0.15) is 17.7 Å².